The Kier molecular flexibility index (Phi) is 12.3. The first-order valence-electron chi connectivity index (χ1n) is 10.9. The molecular formula is C21H32F3N3O7S. The predicted octanol–water partition coefficient (Wildman–Crippen LogP) is 1.95. The number of nitrogens with zero attached hydrogens (tertiary/aromatic N) is 2. The molecular weight excluding hydrogens is 495 g/mol. The molecule has 0 radical (unpaired) electrons. The van der Waals surface area contributed by atoms with E-state index in [2.05, 4.69) is 5.32 Å². The highest BCUT2D eigenvalue weighted by molar-refractivity contribution is 7.89. The fraction of sp³-hybridized carbons (Fsp3) is 0.619. The molecule has 1 amide bonds. The molecule has 1 saturated heterocycles. The van der Waals surface area contributed by atoms with Crippen molar-refractivity contribution in [3.8, 4) is 11.5 Å². The van der Waals surface area contributed by atoms with E-state index < -0.39 is 22.2 Å². The first-order chi connectivity index (χ1) is 16.4. The largest absolute Gasteiger partial charge is 0.497 e. The molecule has 0 atom stereocenters. The van der Waals surface area contributed by atoms with E-state index in [0.29, 0.717) is 31.8 Å². The van der Waals surface area contributed by atoms with Crippen molar-refractivity contribution in [3.63, 3.8) is 0 Å². The second kappa shape index (κ2) is 14.1. The number of carboxylic acid groups (broad SMARTS) is 1. The van der Waals surface area contributed by atoms with E-state index in [1.807, 2.05) is 6.92 Å². The Morgan fingerprint density at radius 1 is 1.14 bits per heavy atom. The number of piperazine rings is 1. The van der Waals surface area contributed by atoms with Gasteiger partial charge >= 0.3 is 12.1 Å². The first kappa shape index (κ1) is 30.5. The third-order valence-corrected chi connectivity index (χ3v) is 6.96. The van der Waals surface area contributed by atoms with Gasteiger partial charge in [-0.1, -0.05) is 13.3 Å². The Labute approximate surface area is 203 Å². The van der Waals surface area contributed by atoms with Crippen LogP contribution < -0.4 is 14.8 Å². The van der Waals surface area contributed by atoms with Crippen molar-refractivity contribution in [2.24, 2.45) is 0 Å². The minimum atomic E-state index is -5.08. The molecule has 200 valence electrons. The molecule has 2 N–H and O–H groups in total. The number of sulfonamides is 1. The number of ether oxygens (including phenoxy) is 2. The molecule has 0 aromatic heterocycles. The standard InChI is InChI=1S/C19H31N3O5S.C2HF3O2/c1-4-5-11-22(12-8-19(23)21-13-9-20-10-14-21)28(24,25)18-15-16(26-2)6-7-17(18)27-3;3-2(4,5)1(6)7/h6-7,15,20H,4-5,8-14H2,1-3H3;(H,6,7). The fourth-order valence-corrected chi connectivity index (χ4v) is 4.75. The molecule has 1 heterocycles. The molecule has 14 heteroatoms. The molecule has 10 nitrogen and oxygen atoms in total. The van der Waals surface area contributed by atoms with Gasteiger partial charge in [0, 0.05) is 51.8 Å². The minimum Gasteiger partial charge on any atom is -0.497 e. The van der Waals surface area contributed by atoms with Crippen LogP contribution in [0.4, 0.5) is 13.2 Å². The molecule has 0 bridgehead atoms. The Morgan fingerprint density at radius 3 is 2.23 bits per heavy atom. The Morgan fingerprint density at radius 2 is 1.74 bits per heavy atom. The van der Waals surface area contributed by atoms with Gasteiger partial charge in [0.15, 0.2) is 0 Å². The summed E-state index contributed by atoms with van der Waals surface area (Å²) in [6.45, 7) is 5.35. The van der Waals surface area contributed by atoms with Crippen LogP contribution in [-0.4, -0.2) is 94.3 Å². The fourth-order valence-electron chi connectivity index (χ4n) is 3.10. The van der Waals surface area contributed by atoms with Crippen molar-refractivity contribution in [1.82, 2.24) is 14.5 Å². The normalized spacial score (nSPS) is 14.2. The van der Waals surface area contributed by atoms with E-state index in [0.717, 1.165) is 19.5 Å². The zero-order valence-electron chi connectivity index (χ0n) is 19.9. The number of carbonyl (C=O) groups is 2. The SMILES string of the molecule is CCCCN(CCC(=O)N1CCNCC1)S(=O)(=O)c1cc(OC)ccc1OC.O=C(O)C(F)(F)F. The van der Waals surface area contributed by atoms with Crippen LogP contribution in [0, 0.1) is 0 Å². The molecule has 1 aromatic carbocycles. The van der Waals surface area contributed by atoms with Crippen LogP contribution in [-0.2, 0) is 19.6 Å². The summed E-state index contributed by atoms with van der Waals surface area (Å²) >= 11 is 0. The highest BCUT2D eigenvalue weighted by atomic mass is 32.2. The summed E-state index contributed by atoms with van der Waals surface area (Å²) in [5.74, 6) is -2.08. The number of unbranched alkanes of at least 4 members (excludes halogenated alkanes) is 1. The van der Waals surface area contributed by atoms with Crippen molar-refractivity contribution in [1.29, 1.82) is 0 Å². The molecule has 0 aliphatic carbocycles. The van der Waals surface area contributed by atoms with Gasteiger partial charge in [-0.2, -0.15) is 17.5 Å². The van der Waals surface area contributed by atoms with E-state index in [9.17, 15) is 26.4 Å². The Hall–Kier alpha value is -2.58. The average molecular weight is 528 g/mol. The van der Waals surface area contributed by atoms with Crippen molar-refractivity contribution >= 4 is 21.9 Å². The number of methoxy groups -OCH3 is 2. The number of nitrogens with one attached hydrogen (secondary N) is 1. The van der Waals surface area contributed by atoms with Crippen molar-refractivity contribution < 1.29 is 45.8 Å². The Balaban J connectivity index is 0.000000762. The number of aliphatic carboxylic acids is 1. The van der Waals surface area contributed by atoms with Crippen LogP contribution in [0.3, 0.4) is 0 Å². The summed E-state index contributed by atoms with van der Waals surface area (Å²) in [5.41, 5.74) is 0. The highest BCUT2D eigenvalue weighted by Crippen LogP contribution is 2.31. The summed E-state index contributed by atoms with van der Waals surface area (Å²) in [5, 5.41) is 10.3. The van der Waals surface area contributed by atoms with Crippen molar-refractivity contribution in [2.45, 2.75) is 37.3 Å². The molecule has 0 saturated carbocycles. The van der Waals surface area contributed by atoms with E-state index >= 15 is 0 Å². The average Bonchev–Trinajstić information content (AvgIpc) is 2.83. The van der Waals surface area contributed by atoms with Gasteiger partial charge in [0.1, 0.15) is 16.4 Å². The maximum Gasteiger partial charge on any atom is 0.490 e. The number of carbonyl (C=O) groups excluding carboxylic acids is 1. The molecule has 1 aliphatic rings. The number of alkyl halides is 3. The summed E-state index contributed by atoms with van der Waals surface area (Å²) in [6, 6.07) is 4.70. The van der Waals surface area contributed by atoms with E-state index in [1.165, 1.54) is 24.6 Å². The van der Waals surface area contributed by atoms with Gasteiger partial charge in [-0.25, -0.2) is 13.2 Å². The van der Waals surface area contributed by atoms with Crippen LogP contribution in [0.2, 0.25) is 0 Å². The second-order valence-electron chi connectivity index (χ2n) is 7.46. The second-order valence-corrected chi connectivity index (χ2v) is 9.36. The van der Waals surface area contributed by atoms with Gasteiger partial charge in [-0.05, 0) is 18.6 Å². The number of hydrogen-bond donors (Lipinski definition) is 2. The third kappa shape index (κ3) is 9.53. The van der Waals surface area contributed by atoms with Crippen molar-refractivity contribution in [3.05, 3.63) is 18.2 Å². The lowest BCUT2D eigenvalue weighted by molar-refractivity contribution is -0.192. The molecule has 35 heavy (non-hydrogen) atoms. The Bertz CT molecular complexity index is 937. The zero-order valence-corrected chi connectivity index (χ0v) is 20.7. The van der Waals surface area contributed by atoms with E-state index in [-0.39, 0.29) is 29.5 Å². The molecule has 2 rings (SSSR count). The van der Waals surface area contributed by atoms with Crippen LogP contribution in [0.25, 0.3) is 0 Å². The molecule has 0 spiro atoms. The monoisotopic (exact) mass is 527 g/mol. The number of rotatable bonds is 10. The molecule has 1 aliphatic heterocycles. The summed E-state index contributed by atoms with van der Waals surface area (Å²) in [7, 11) is -0.909. The van der Waals surface area contributed by atoms with Crippen LogP contribution >= 0.6 is 0 Å². The van der Waals surface area contributed by atoms with Crippen LogP contribution in [0.1, 0.15) is 26.2 Å². The molecule has 1 aromatic rings. The lowest BCUT2D eigenvalue weighted by Gasteiger charge is -2.29. The smallest absolute Gasteiger partial charge is 0.490 e. The maximum absolute atomic E-state index is 13.3. The number of benzene rings is 1. The van der Waals surface area contributed by atoms with E-state index in [4.69, 9.17) is 19.4 Å². The summed E-state index contributed by atoms with van der Waals surface area (Å²) < 4.78 is 70.2. The van der Waals surface area contributed by atoms with Crippen LogP contribution in [0.15, 0.2) is 23.1 Å². The van der Waals surface area contributed by atoms with Gasteiger partial charge in [-0.3, -0.25) is 4.79 Å². The van der Waals surface area contributed by atoms with Gasteiger partial charge in [0.25, 0.3) is 0 Å². The number of hydrogen-bond acceptors (Lipinski definition) is 7. The van der Waals surface area contributed by atoms with E-state index in [1.54, 1.807) is 17.0 Å². The van der Waals surface area contributed by atoms with Gasteiger partial charge < -0.3 is 24.8 Å². The van der Waals surface area contributed by atoms with Gasteiger partial charge in [0.05, 0.1) is 14.2 Å². The number of amides is 1. The lowest BCUT2D eigenvalue weighted by atomic mass is 10.3. The van der Waals surface area contributed by atoms with Crippen LogP contribution in [0.5, 0.6) is 11.5 Å². The van der Waals surface area contributed by atoms with Gasteiger partial charge in [-0.15, -0.1) is 0 Å². The predicted molar refractivity (Wildman–Crippen MR) is 121 cm³/mol. The quantitative estimate of drug-likeness (QED) is 0.473. The minimum absolute atomic E-state index is 0.0178. The first-order valence-corrected chi connectivity index (χ1v) is 12.3. The number of carboxylic acids is 1. The summed E-state index contributed by atoms with van der Waals surface area (Å²) in [6.07, 6.45) is -3.35. The zero-order chi connectivity index (χ0) is 26.6. The summed E-state index contributed by atoms with van der Waals surface area (Å²) in [4.78, 5) is 23.2. The van der Waals surface area contributed by atoms with Crippen molar-refractivity contribution in [2.75, 3.05) is 53.5 Å². The maximum atomic E-state index is 13.3. The third-order valence-electron chi connectivity index (χ3n) is 5.04. The highest BCUT2D eigenvalue weighted by Gasteiger charge is 2.38. The topological polar surface area (TPSA) is 125 Å². The van der Waals surface area contributed by atoms with Gasteiger partial charge in [0.2, 0.25) is 15.9 Å². The molecule has 0 unspecified atom stereocenters. The molecule has 1 fully saturated rings. The number of halogens is 3. The lowest BCUT2D eigenvalue weighted by Crippen LogP contribution is -2.47.